The zero-order valence-electron chi connectivity index (χ0n) is 6.18. The highest BCUT2D eigenvalue weighted by Crippen LogP contribution is 2.35. The Morgan fingerprint density at radius 1 is 1.44 bits per heavy atom. The van der Waals surface area contributed by atoms with Crippen molar-refractivity contribution >= 4 is 12.4 Å². The fourth-order valence-electron chi connectivity index (χ4n) is 1.07. The number of halogens is 1. The number of rotatable bonds is 2. The maximum atomic E-state index is 5.78. The molecule has 1 nitrogen and oxygen atoms in total. The minimum absolute atomic E-state index is 0. The highest BCUT2D eigenvalue weighted by molar-refractivity contribution is 5.85. The quantitative estimate of drug-likeness (QED) is 0.638. The summed E-state index contributed by atoms with van der Waals surface area (Å²) >= 11 is 0. The lowest BCUT2D eigenvalue weighted by molar-refractivity contribution is 0.446. The van der Waals surface area contributed by atoms with Crippen LogP contribution in [0.2, 0.25) is 0 Å². The Balaban J connectivity index is 0.000000640. The maximum Gasteiger partial charge on any atom is 0.00996 e. The van der Waals surface area contributed by atoms with Gasteiger partial charge in [0.25, 0.3) is 0 Å². The van der Waals surface area contributed by atoms with Gasteiger partial charge in [-0.25, -0.2) is 0 Å². The van der Waals surface area contributed by atoms with E-state index in [9.17, 15) is 0 Å². The summed E-state index contributed by atoms with van der Waals surface area (Å²) in [6.45, 7) is 4.20. The van der Waals surface area contributed by atoms with Gasteiger partial charge in [0.1, 0.15) is 0 Å². The maximum absolute atomic E-state index is 5.78. The molecule has 0 saturated heterocycles. The molecule has 1 saturated carbocycles. The van der Waals surface area contributed by atoms with E-state index >= 15 is 0 Å². The minimum Gasteiger partial charge on any atom is -0.326 e. The molecule has 0 heterocycles. The van der Waals surface area contributed by atoms with Crippen molar-refractivity contribution in [2.45, 2.75) is 38.6 Å². The van der Waals surface area contributed by atoms with E-state index < -0.39 is 0 Å². The molecule has 2 N–H and O–H groups in total. The van der Waals surface area contributed by atoms with E-state index in [4.69, 9.17) is 5.73 Å². The molecule has 1 aliphatic rings. The van der Waals surface area contributed by atoms with Crippen LogP contribution in [-0.4, -0.2) is 5.54 Å². The molecule has 0 aromatic carbocycles. The van der Waals surface area contributed by atoms with E-state index in [0.29, 0.717) is 0 Å². The third-order valence-corrected chi connectivity index (χ3v) is 1.51. The minimum atomic E-state index is 0. The first-order valence-corrected chi connectivity index (χ1v) is 3.37. The monoisotopic (exact) mass is 149 g/mol. The van der Waals surface area contributed by atoms with Gasteiger partial charge in [-0.1, -0.05) is 12.8 Å². The molecule has 0 radical (unpaired) electrons. The van der Waals surface area contributed by atoms with Crippen LogP contribution in [0.15, 0.2) is 0 Å². The van der Waals surface area contributed by atoms with Gasteiger partial charge < -0.3 is 5.73 Å². The SMILES string of the molecule is CC(C)(N)CC1CC1.Cl. The fourth-order valence-corrected chi connectivity index (χ4v) is 1.07. The van der Waals surface area contributed by atoms with E-state index in [1.54, 1.807) is 0 Å². The largest absolute Gasteiger partial charge is 0.326 e. The van der Waals surface area contributed by atoms with Crippen molar-refractivity contribution in [1.82, 2.24) is 0 Å². The summed E-state index contributed by atoms with van der Waals surface area (Å²) < 4.78 is 0. The summed E-state index contributed by atoms with van der Waals surface area (Å²) in [5.74, 6) is 0.968. The second-order valence-electron chi connectivity index (χ2n) is 3.64. The van der Waals surface area contributed by atoms with Crippen molar-refractivity contribution in [2.24, 2.45) is 11.7 Å². The predicted octanol–water partition coefficient (Wildman–Crippen LogP) is 1.95. The first-order valence-electron chi connectivity index (χ1n) is 3.37. The van der Waals surface area contributed by atoms with Crippen molar-refractivity contribution < 1.29 is 0 Å². The van der Waals surface area contributed by atoms with Crippen molar-refractivity contribution in [3.63, 3.8) is 0 Å². The molecule has 0 atom stereocenters. The molecular formula is C7H16ClN. The zero-order chi connectivity index (χ0) is 6.20. The lowest BCUT2D eigenvalue weighted by Crippen LogP contribution is -2.32. The van der Waals surface area contributed by atoms with E-state index in [1.165, 1.54) is 19.3 Å². The zero-order valence-corrected chi connectivity index (χ0v) is 7.00. The molecular weight excluding hydrogens is 134 g/mol. The average Bonchev–Trinajstić information content (AvgIpc) is 2.12. The smallest absolute Gasteiger partial charge is 0.00996 e. The first kappa shape index (κ1) is 9.25. The molecule has 0 aromatic rings. The Bertz CT molecular complexity index is 81.4. The Morgan fingerprint density at radius 2 is 1.89 bits per heavy atom. The van der Waals surface area contributed by atoms with Gasteiger partial charge in [0.2, 0.25) is 0 Å². The normalized spacial score (nSPS) is 19.0. The first-order chi connectivity index (χ1) is 3.58. The van der Waals surface area contributed by atoms with Gasteiger partial charge in [-0.05, 0) is 26.2 Å². The molecule has 9 heavy (non-hydrogen) atoms. The molecule has 0 spiro atoms. The van der Waals surface area contributed by atoms with Gasteiger partial charge >= 0.3 is 0 Å². The highest BCUT2D eigenvalue weighted by Gasteiger charge is 2.26. The average molecular weight is 150 g/mol. The van der Waals surface area contributed by atoms with Crippen LogP contribution in [0.4, 0.5) is 0 Å². The van der Waals surface area contributed by atoms with Crippen LogP contribution in [0.1, 0.15) is 33.1 Å². The van der Waals surface area contributed by atoms with Gasteiger partial charge in [0.05, 0.1) is 0 Å². The van der Waals surface area contributed by atoms with Gasteiger partial charge in [0.15, 0.2) is 0 Å². The van der Waals surface area contributed by atoms with Crippen LogP contribution in [-0.2, 0) is 0 Å². The van der Waals surface area contributed by atoms with Crippen LogP contribution in [0.25, 0.3) is 0 Å². The number of nitrogens with two attached hydrogens (primary N) is 1. The fraction of sp³-hybridized carbons (Fsp3) is 1.00. The predicted molar refractivity (Wildman–Crippen MR) is 42.9 cm³/mol. The summed E-state index contributed by atoms with van der Waals surface area (Å²) in [6, 6.07) is 0. The molecule has 56 valence electrons. The van der Waals surface area contributed by atoms with Crippen molar-refractivity contribution in [2.75, 3.05) is 0 Å². The summed E-state index contributed by atoms with van der Waals surface area (Å²) in [7, 11) is 0. The number of hydrogen-bond acceptors (Lipinski definition) is 1. The second kappa shape index (κ2) is 2.89. The van der Waals surface area contributed by atoms with Gasteiger partial charge in [0, 0.05) is 5.54 Å². The third-order valence-electron chi connectivity index (χ3n) is 1.51. The van der Waals surface area contributed by atoms with E-state index in [2.05, 4.69) is 13.8 Å². The van der Waals surface area contributed by atoms with Crippen LogP contribution >= 0.6 is 12.4 Å². The summed E-state index contributed by atoms with van der Waals surface area (Å²) in [5.41, 5.74) is 5.86. The molecule has 1 aliphatic carbocycles. The molecule has 2 heteroatoms. The van der Waals surface area contributed by atoms with Gasteiger partial charge in [-0.2, -0.15) is 0 Å². The van der Waals surface area contributed by atoms with Crippen LogP contribution in [0.5, 0.6) is 0 Å². The molecule has 1 fully saturated rings. The second-order valence-corrected chi connectivity index (χ2v) is 3.64. The lowest BCUT2D eigenvalue weighted by atomic mass is 9.99. The Labute approximate surface area is 63.4 Å². The lowest BCUT2D eigenvalue weighted by Gasteiger charge is -2.16. The van der Waals surface area contributed by atoms with E-state index in [0.717, 1.165) is 5.92 Å². The standard InChI is InChI=1S/C7H15N.ClH/c1-7(2,8)5-6-3-4-6;/h6H,3-5,8H2,1-2H3;1H. The Hall–Kier alpha value is 0.250. The summed E-state index contributed by atoms with van der Waals surface area (Å²) in [6.07, 6.45) is 4.05. The third kappa shape index (κ3) is 4.73. The van der Waals surface area contributed by atoms with Crippen LogP contribution < -0.4 is 5.73 Å². The Morgan fingerprint density at radius 3 is 2.00 bits per heavy atom. The van der Waals surface area contributed by atoms with Crippen molar-refractivity contribution in [1.29, 1.82) is 0 Å². The van der Waals surface area contributed by atoms with Gasteiger partial charge in [-0.3, -0.25) is 0 Å². The van der Waals surface area contributed by atoms with E-state index in [-0.39, 0.29) is 17.9 Å². The van der Waals surface area contributed by atoms with Crippen molar-refractivity contribution in [3.8, 4) is 0 Å². The molecule has 0 aliphatic heterocycles. The molecule has 0 unspecified atom stereocenters. The Kier molecular flexibility index (Phi) is 2.97. The molecule has 0 bridgehead atoms. The molecule has 0 aromatic heterocycles. The molecule has 1 rings (SSSR count). The van der Waals surface area contributed by atoms with Gasteiger partial charge in [-0.15, -0.1) is 12.4 Å². The summed E-state index contributed by atoms with van der Waals surface area (Å²) in [5, 5.41) is 0. The van der Waals surface area contributed by atoms with Crippen molar-refractivity contribution in [3.05, 3.63) is 0 Å². The number of hydrogen-bond donors (Lipinski definition) is 1. The highest BCUT2D eigenvalue weighted by atomic mass is 35.5. The summed E-state index contributed by atoms with van der Waals surface area (Å²) in [4.78, 5) is 0. The van der Waals surface area contributed by atoms with Crippen LogP contribution in [0.3, 0.4) is 0 Å². The molecule has 0 amide bonds. The van der Waals surface area contributed by atoms with Crippen LogP contribution in [0, 0.1) is 5.92 Å². The topological polar surface area (TPSA) is 26.0 Å². The van der Waals surface area contributed by atoms with E-state index in [1.807, 2.05) is 0 Å².